The first-order valence-corrected chi connectivity index (χ1v) is 36.3. The van der Waals surface area contributed by atoms with E-state index in [1.807, 2.05) is 80.1 Å². The highest BCUT2D eigenvalue weighted by atomic mass is 16.5. The number of hydrogen-bond donors (Lipinski definition) is 4. The fourth-order valence-electron chi connectivity index (χ4n) is 15.2. The maximum absolute atomic E-state index is 5.41. The van der Waals surface area contributed by atoms with Crippen molar-refractivity contribution in [1.82, 2.24) is 89.0 Å². The van der Waals surface area contributed by atoms with Crippen LogP contribution in [0.4, 0.5) is 0 Å². The molecule has 4 aromatic carbocycles. The van der Waals surface area contributed by atoms with Crippen LogP contribution in [0.3, 0.4) is 0 Å². The first-order chi connectivity index (χ1) is 50.1. The molecule has 22 heteroatoms. The van der Waals surface area contributed by atoms with Crippen LogP contribution in [0.25, 0.3) is 111 Å². The summed E-state index contributed by atoms with van der Waals surface area (Å²) in [6.07, 6.45) is 13.8. The van der Waals surface area contributed by atoms with Crippen molar-refractivity contribution in [2.24, 2.45) is 0 Å². The number of H-pyrrole nitrogens is 4. The SMILES string of the molecule is Cc1cc(C)n(-c2cc(-c3c(C)noc3C)cc3[nH]c(C4CC4)nc23)n1.Cc1ccn(-c2cc(-c3c(C)noc3C)cc3[nH]c(C4CC4)nc23)c1C.Cc1noc(C)c1-c1cc(-n2c(C)ccc2C)c2nc(C3CC3)[nH]c2c1.Cc1noc(C)c1-c1cc(-n2c(C)cnc2C)c2nc(C3CC3)[nH]c2c1. The highest BCUT2D eigenvalue weighted by Gasteiger charge is 2.33. The molecule has 0 spiro atoms. The molecular formula is C82H86N18O4. The lowest BCUT2D eigenvalue weighted by atomic mass is 10.0. The molecule has 12 aromatic heterocycles. The quantitative estimate of drug-likeness (QED) is 0.0886. The van der Waals surface area contributed by atoms with Gasteiger partial charge in [0.05, 0.1) is 73.3 Å². The Labute approximate surface area is 601 Å². The molecule has 16 aromatic rings. The van der Waals surface area contributed by atoms with Crippen LogP contribution >= 0.6 is 0 Å². The van der Waals surface area contributed by atoms with E-state index in [1.165, 1.54) is 74.0 Å². The summed E-state index contributed by atoms with van der Waals surface area (Å²) in [5, 5.41) is 21.2. The average Bonchev–Trinajstić information content (AvgIpc) is 1.74. The van der Waals surface area contributed by atoms with Crippen molar-refractivity contribution in [3.63, 3.8) is 0 Å². The molecule has 12 heterocycles. The topological polar surface area (TPSA) is 264 Å². The van der Waals surface area contributed by atoms with Gasteiger partial charge in [0.1, 0.15) is 74.2 Å². The molecule has 0 atom stereocenters. The Hall–Kier alpha value is -11.4. The van der Waals surface area contributed by atoms with Crippen molar-refractivity contribution in [3.05, 3.63) is 200 Å². The van der Waals surface area contributed by atoms with Gasteiger partial charge < -0.3 is 47.2 Å². The van der Waals surface area contributed by atoms with E-state index in [9.17, 15) is 0 Å². The van der Waals surface area contributed by atoms with E-state index in [1.54, 1.807) is 0 Å². The molecule has 4 fully saturated rings. The molecule has 4 saturated carbocycles. The summed E-state index contributed by atoms with van der Waals surface area (Å²) < 4.78 is 30.3. The second-order valence-corrected chi connectivity index (χ2v) is 29.5. The minimum atomic E-state index is 0.568. The van der Waals surface area contributed by atoms with Crippen LogP contribution in [0.5, 0.6) is 0 Å². The number of nitrogens with one attached hydrogen (secondary N) is 4. The highest BCUT2D eigenvalue weighted by Crippen LogP contribution is 2.46. The molecule has 4 aliphatic rings. The number of fused-ring (bicyclic) bond motifs is 4. The van der Waals surface area contributed by atoms with E-state index in [4.69, 9.17) is 43.1 Å². The van der Waals surface area contributed by atoms with Crippen LogP contribution < -0.4 is 0 Å². The summed E-state index contributed by atoms with van der Waals surface area (Å²) in [5.74, 6) is 11.0. The molecule has 4 N–H and O–H groups in total. The van der Waals surface area contributed by atoms with Crippen molar-refractivity contribution in [3.8, 4) is 67.3 Å². The molecule has 0 radical (unpaired) electrons. The summed E-state index contributed by atoms with van der Waals surface area (Å²) in [5.41, 5.74) is 32.8. The lowest BCUT2D eigenvalue weighted by Gasteiger charge is -2.12. The summed E-state index contributed by atoms with van der Waals surface area (Å²) in [6, 6.07) is 25.9. The lowest BCUT2D eigenvalue weighted by molar-refractivity contribution is 0.393. The number of hydrogen-bond acceptors (Lipinski definition) is 14. The molecule has 528 valence electrons. The summed E-state index contributed by atoms with van der Waals surface area (Å²) in [6.45, 7) is 32.5. The smallest absolute Gasteiger partial charge is 0.141 e. The third-order valence-electron chi connectivity index (χ3n) is 21.3. The van der Waals surface area contributed by atoms with E-state index in [-0.39, 0.29) is 0 Å². The van der Waals surface area contributed by atoms with Crippen molar-refractivity contribution < 1.29 is 18.1 Å². The van der Waals surface area contributed by atoms with Crippen LogP contribution in [-0.4, -0.2) is 89.0 Å². The van der Waals surface area contributed by atoms with Gasteiger partial charge in [-0.2, -0.15) is 5.10 Å². The van der Waals surface area contributed by atoms with Gasteiger partial charge in [0.2, 0.25) is 0 Å². The summed E-state index contributed by atoms with van der Waals surface area (Å²) >= 11 is 0. The van der Waals surface area contributed by atoms with Crippen LogP contribution in [0.15, 0.2) is 103 Å². The molecule has 4 aliphatic carbocycles. The van der Waals surface area contributed by atoms with Gasteiger partial charge in [-0.15, -0.1) is 0 Å². The third-order valence-corrected chi connectivity index (χ3v) is 21.3. The fourth-order valence-corrected chi connectivity index (χ4v) is 15.2. The van der Waals surface area contributed by atoms with Gasteiger partial charge in [-0.3, -0.25) is 4.57 Å². The third kappa shape index (κ3) is 11.9. The highest BCUT2D eigenvalue weighted by molar-refractivity contribution is 5.94. The molecule has 0 amide bonds. The molecule has 22 nitrogen and oxygen atoms in total. The predicted molar refractivity (Wildman–Crippen MR) is 403 cm³/mol. The number of aryl methyl sites for hydroxylation is 15. The maximum atomic E-state index is 5.41. The van der Waals surface area contributed by atoms with Gasteiger partial charge in [-0.05, 0) is 263 Å². The number of imidazole rings is 5. The fraction of sp³-hybridized carbons (Fsp3) is 0.341. The summed E-state index contributed by atoms with van der Waals surface area (Å²) in [7, 11) is 0. The summed E-state index contributed by atoms with van der Waals surface area (Å²) in [4.78, 5) is 38.4. The minimum Gasteiger partial charge on any atom is -0.361 e. The molecule has 104 heavy (non-hydrogen) atoms. The Morgan fingerprint density at radius 2 is 0.712 bits per heavy atom. The second kappa shape index (κ2) is 25.2. The Balaban J connectivity index is 0.000000103. The first kappa shape index (κ1) is 65.9. The zero-order valence-corrected chi connectivity index (χ0v) is 61.9. The maximum Gasteiger partial charge on any atom is 0.141 e. The van der Waals surface area contributed by atoms with Gasteiger partial charge in [-0.1, -0.05) is 20.6 Å². The average molecular weight is 1390 g/mol. The molecule has 0 bridgehead atoms. The monoisotopic (exact) mass is 1390 g/mol. The van der Waals surface area contributed by atoms with Crippen molar-refractivity contribution in [1.29, 1.82) is 0 Å². The molecule has 0 saturated heterocycles. The number of benzene rings is 4. The second-order valence-electron chi connectivity index (χ2n) is 29.5. The Morgan fingerprint density at radius 1 is 0.365 bits per heavy atom. The van der Waals surface area contributed by atoms with E-state index >= 15 is 0 Å². The molecule has 0 aliphatic heterocycles. The predicted octanol–water partition coefficient (Wildman–Crippen LogP) is 19.3. The van der Waals surface area contributed by atoms with E-state index in [0.29, 0.717) is 23.7 Å². The number of aromatic amines is 4. The first-order valence-electron chi connectivity index (χ1n) is 36.3. The molecular weight excluding hydrogens is 1300 g/mol. The van der Waals surface area contributed by atoms with E-state index < -0.39 is 0 Å². The zero-order valence-electron chi connectivity index (χ0n) is 61.9. The normalized spacial score (nSPS) is 14.5. The van der Waals surface area contributed by atoms with Crippen molar-refractivity contribution >= 4 is 44.1 Å². The van der Waals surface area contributed by atoms with Crippen LogP contribution in [0.1, 0.15) is 190 Å². The minimum absolute atomic E-state index is 0.568. The largest absolute Gasteiger partial charge is 0.361 e. The number of aromatic nitrogens is 18. The van der Waals surface area contributed by atoms with Gasteiger partial charge in [-0.25, -0.2) is 29.6 Å². The standard InChI is InChI=1S/2C21H22N4O.2C20H21N5O/c1-11-7-8-25(13(11)3)18-10-16(19-12(2)24-26-14(19)4)9-17-20(18)23-21(22-17)15-5-6-15;1-11-5-6-12(2)25(11)18-10-16(19-13(3)24-26-14(19)4)9-17-20(18)23-21(22-17)15-7-8-15;1-10-9-21-13(4)25(10)17-8-15(18-11(2)24-26-12(18)3)7-16-19(17)23-20(22-16)14-5-6-14;1-10-7-11(2)25(23-10)17-9-15(18-12(3)24-26-13(18)4)8-16-19(17)22-20(21-16)14-5-6-14/h7-10,15H,5-6H2,1-4H3,(H,22,23);5-6,9-10,15H,7-8H2,1-4H3,(H,22,23);7-9,14H,5-6H2,1-4H3,(H,22,23);7-9,14H,5-6H2,1-4H3,(H,21,22). The zero-order chi connectivity index (χ0) is 72.0. The Bertz CT molecular complexity index is 5590. The van der Waals surface area contributed by atoms with E-state index in [0.717, 1.165) is 203 Å². The van der Waals surface area contributed by atoms with Gasteiger partial charge in [0.25, 0.3) is 0 Å². The van der Waals surface area contributed by atoms with Crippen LogP contribution in [-0.2, 0) is 0 Å². The number of rotatable bonds is 12. The lowest BCUT2D eigenvalue weighted by Crippen LogP contribution is -2.01. The van der Waals surface area contributed by atoms with Crippen LogP contribution in [0, 0.1) is 111 Å². The molecule has 20 rings (SSSR count). The van der Waals surface area contributed by atoms with Gasteiger partial charge in [0, 0.05) is 86.8 Å². The van der Waals surface area contributed by atoms with Gasteiger partial charge in [0.15, 0.2) is 0 Å². The number of nitrogens with zero attached hydrogens (tertiary/aromatic N) is 14. The Kier molecular flexibility index (Phi) is 16.0. The Morgan fingerprint density at radius 3 is 1.02 bits per heavy atom. The van der Waals surface area contributed by atoms with Crippen molar-refractivity contribution in [2.75, 3.05) is 0 Å². The van der Waals surface area contributed by atoms with Crippen molar-refractivity contribution in [2.45, 2.75) is 186 Å². The van der Waals surface area contributed by atoms with Gasteiger partial charge >= 0.3 is 0 Å². The van der Waals surface area contributed by atoms with Crippen LogP contribution in [0.2, 0.25) is 0 Å². The molecule has 0 unspecified atom stereocenters. The van der Waals surface area contributed by atoms with E-state index in [2.05, 4.69) is 180 Å².